The van der Waals surface area contributed by atoms with Gasteiger partial charge >= 0.3 is 0 Å². The van der Waals surface area contributed by atoms with E-state index in [2.05, 4.69) is 9.82 Å². The van der Waals surface area contributed by atoms with E-state index in [-0.39, 0.29) is 18.7 Å². The predicted octanol–water partition coefficient (Wildman–Crippen LogP) is 4.36. The third kappa shape index (κ3) is 4.55. The minimum Gasteiger partial charge on any atom is -0.760 e. The average molecular weight is 456 g/mol. The van der Waals surface area contributed by atoms with E-state index in [0.717, 1.165) is 33.5 Å². The van der Waals surface area contributed by atoms with Crippen molar-refractivity contribution >= 4 is 16.8 Å². The van der Waals surface area contributed by atoms with Gasteiger partial charge in [-0.15, -0.1) is 0 Å². The minimum absolute atomic E-state index is 0.151. The number of pyridine rings is 1. The minimum atomic E-state index is -2.35. The van der Waals surface area contributed by atoms with Crippen LogP contribution in [0, 0.1) is 25.5 Å². The quantitative estimate of drug-likeness (QED) is 0.419. The van der Waals surface area contributed by atoms with Crippen LogP contribution in [-0.2, 0) is 24.4 Å². The SMILES string of the molecule is Cc1cc(OCc2c(F)cccc2F)n2nc(C)c(-c3cccc(CNS(=O)[O-])c3)c2c1. The number of rotatable bonds is 7. The molecule has 0 saturated carbocycles. The van der Waals surface area contributed by atoms with Crippen LogP contribution in [0.1, 0.15) is 22.4 Å². The maximum absolute atomic E-state index is 14.0. The van der Waals surface area contributed by atoms with Crippen LogP contribution in [0.4, 0.5) is 8.78 Å². The lowest BCUT2D eigenvalue weighted by molar-refractivity contribution is 0.274. The van der Waals surface area contributed by atoms with E-state index >= 15 is 0 Å². The number of nitrogens with one attached hydrogen (secondary N) is 1. The van der Waals surface area contributed by atoms with Crippen LogP contribution in [0.3, 0.4) is 0 Å². The lowest BCUT2D eigenvalue weighted by Crippen LogP contribution is -2.15. The summed E-state index contributed by atoms with van der Waals surface area (Å²) in [4.78, 5) is 0. The fourth-order valence-electron chi connectivity index (χ4n) is 3.61. The molecular weight excluding hydrogens is 436 g/mol. The van der Waals surface area contributed by atoms with Gasteiger partial charge in [-0.1, -0.05) is 24.3 Å². The summed E-state index contributed by atoms with van der Waals surface area (Å²) in [6.45, 7) is 3.64. The third-order valence-electron chi connectivity index (χ3n) is 5.06. The Bertz CT molecular complexity index is 1300. The zero-order valence-corrected chi connectivity index (χ0v) is 18.2. The number of fused-ring (bicyclic) bond motifs is 1. The van der Waals surface area contributed by atoms with Gasteiger partial charge in [-0.25, -0.2) is 18.0 Å². The van der Waals surface area contributed by atoms with Crippen LogP contribution >= 0.6 is 0 Å². The monoisotopic (exact) mass is 456 g/mol. The van der Waals surface area contributed by atoms with Crippen molar-refractivity contribution in [2.45, 2.75) is 27.0 Å². The highest BCUT2D eigenvalue weighted by Gasteiger charge is 2.17. The van der Waals surface area contributed by atoms with Crippen LogP contribution in [-0.4, -0.2) is 18.4 Å². The second-order valence-corrected chi connectivity index (χ2v) is 8.13. The normalized spacial score (nSPS) is 12.3. The Morgan fingerprint density at radius 3 is 2.53 bits per heavy atom. The van der Waals surface area contributed by atoms with Gasteiger partial charge < -0.3 is 9.29 Å². The highest BCUT2D eigenvalue weighted by atomic mass is 32.2. The molecule has 2 aromatic carbocycles. The number of aromatic nitrogens is 2. The molecule has 32 heavy (non-hydrogen) atoms. The van der Waals surface area contributed by atoms with Gasteiger partial charge in [0.25, 0.3) is 0 Å². The van der Waals surface area contributed by atoms with Gasteiger partial charge in [0.15, 0.2) is 0 Å². The summed E-state index contributed by atoms with van der Waals surface area (Å²) < 4.78 is 59.4. The molecule has 0 saturated heterocycles. The van der Waals surface area contributed by atoms with Crippen molar-refractivity contribution in [1.29, 1.82) is 0 Å². The van der Waals surface area contributed by atoms with Crippen LogP contribution in [0.15, 0.2) is 54.6 Å². The number of nitrogens with zero attached hydrogens (tertiary/aromatic N) is 2. The Morgan fingerprint density at radius 2 is 1.81 bits per heavy atom. The van der Waals surface area contributed by atoms with Crippen LogP contribution in [0.2, 0.25) is 0 Å². The van der Waals surface area contributed by atoms with Gasteiger partial charge in [0.1, 0.15) is 18.2 Å². The Labute approximate surface area is 186 Å². The van der Waals surface area contributed by atoms with Gasteiger partial charge in [-0.05, 0) is 54.8 Å². The van der Waals surface area contributed by atoms with Gasteiger partial charge in [0.2, 0.25) is 5.88 Å². The molecule has 0 spiro atoms. The van der Waals surface area contributed by atoms with E-state index in [1.807, 2.05) is 44.2 Å². The number of benzene rings is 2. The van der Waals surface area contributed by atoms with Crippen molar-refractivity contribution in [2.24, 2.45) is 0 Å². The number of halogens is 2. The van der Waals surface area contributed by atoms with Gasteiger partial charge in [-0.3, -0.25) is 4.21 Å². The maximum atomic E-state index is 14.0. The zero-order chi connectivity index (χ0) is 22.8. The second kappa shape index (κ2) is 9.15. The Morgan fingerprint density at radius 1 is 1.09 bits per heavy atom. The summed E-state index contributed by atoms with van der Waals surface area (Å²) >= 11 is -2.35. The molecule has 4 rings (SSSR count). The molecule has 2 heterocycles. The van der Waals surface area contributed by atoms with Crippen molar-refractivity contribution < 1.29 is 22.3 Å². The lowest BCUT2D eigenvalue weighted by Gasteiger charge is -2.11. The van der Waals surface area contributed by atoms with Gasteiger partial charge in [-0.2, -0.15) is 5.10 Å². The largest absolute Gasteiger partial charge is 0.760 e. The molecule has 0 aliphatic carbocycles. The van der Waals surface area contributed by atoms with Crippen molar-refractivity contribution in [3.05, 3.63) is 88.6 Å². The molecule has 9 heteroatoms. The highest BCUT2D eigenvalue weighted by Crippen LogP contribution is 2.32. The standard InChI is InChI=1S/C23H21F2N3O3S/c1-14-9-21-23(17-6-3-5-16(11-17)12-26-32(29)30)15(2)27-28(21)22(10-14)31-13-18-19(24)7-4-8-20(18)25/h3-11,26H,12-13H2,1-2H3,(H,29,30)/p-1. The molecule has 1 N–H and O–H groups in total. The van der Waals surface area contributed by atoms with Crippen molar-refractivity contribution in [3.63, 3.8) is 0 Å². The van der Waals surface area contributed by atoms with Crippen LogP contribution < -0.4 is 9.46 Å². The van der Waals surface area contributed by atoms with Crippen molar-refractivity contribution in [2.75, 3.05) is 0 Å². The molecule has 0 aliphatic heterocycles. The van der Waals surface area contributed by atoms with Crippen LogP contribution in [0.5, 0.6) is 5.88 Å². The van der Waals surface area contributed by atoms with E-state index in [4.69, 9.17) is 4.74 Å². The third-order valence-corrected chi connectivity index (χ3v) is 5.44. The molecule has 0 aliphatic rings. The zero-order valence-electron chi connectivity index (χ0n) is 17.4. The number of aryl methyl sites for hydroxylation is 2. The Balaban J connectivity index is 1.73. The molecule has 0 bridgehead atoms. The van der Waals surface area contributed by atoms with E-state index in [9.17, 15) is 17.5 Å². The molecule has 0 amide bonds. The highest BCUT2D eigenvalue weighted by molar-refractivity contribution is 7.77. The van der Waals surface area contributed by atoms with Gasteiger partial charge in [0, 0.05) is 29.4 Å². The van der Waals surface area contributed by atoms with E-state index in [0.29, 0.717) is 5.88 Å². The molecule has 166 valence electrons. The maximum Gasteiger partial charge on any atom is 0.215 e. The topological polar surface area (TPSA) is 78.7 Å². The smallest absolute Gasteiger partial charge is 0.215 e. The molecule has 0 fully saturated rings. The molecule has 1 unspecified atom stereocenters. The van der Waals surface area contributed by atoms with E-state index in [1.165, 1.54) is 18.2 Å². The first kappa shape index (κ1) is 22.1. The number of hydrogen-bond donors (Lipinski definition) is 1. The summed E-state index contributed by atoms with van der Waals surface area (Å²) in [6.07, 6.45) is 0. The van der Waals surface area contributed by atoms with E-state index < -0.39 is 22.9 Å². The number of hydrogen-bond acceptors (Lipinski definition) is 4. The first-order chi connectivity index (χ1) is 15.3. The molecule has 4 aromatic rings. The summed E-state index contributed by atoms with van der Waals surface area (Å²) in [5.41, 5.74) is 4.76. The molecule has 1 atom stereocenters. The lowest BCUT2D eigenvalue weighted by atomic mass is 10.0. The summed E-state index contributed by atoms with van der Waals surface area (Å²) in [6, 6.07) is 14.9. The Hall–Kier alpha value is -3.14. The van der Waals surface area contributed by atoms with Crippen molar-refractivity contribution in [1.82, 2.24) is 14.3 Å². The first-order valence-corrected chi connectivity index (χ1v) is 10.9. The average Bonchev–Trinajstić information content (AvgIpc) is 3.07. The molecule has 0 radical (unpaired) electrons. The molecular formula is C23H20F2N3O3S-. The summed E-state index contributed by atoms with van der Waals surface area (Å²) in [5.74, 6) is -0.983. The fraction of sp³-hybridized carbons (Fsp3) is 0.174. The van der Waals surface area contributed by atoms with Crippen LogP contribution in [0.25, 0.3) is 16.6 Å². The fourth-order valence-corrected chi connectivity index (χ4v) is 3.90. The second-order valence-electron chi connectivity index (χ2n) is 7.37. The summed E-state index contributed by atoms with van der Waals surface area (Å²) in [7, 11) is 0. The first-order valence-electron chi connectivity index (χ1n) is 9.81. The molecule has 6 nitrogen and oxygen atoms in total. The van der Waals surface area contributed by atoms with Crippen molar-refractivity contribution in [3.8, 4) is 17.0 Å². The number of ether oxygens (including phenoxy) is 1. The van der Waals surface area contributed by atoms with E-state index in [1.54, 1.807) is 10.6 Å². The Kier molecular flexibility index (Phi) is 6.31. The summed E-state index contributed by atoms with van der Waals surface area (Å²) in [5, 5.41) is 4.58. The van der Waals surface area contributed by atoms with Gasteiger partial charge in [0.05, 0.1) is 16.8 Å². The molecule has 2 aromatic heterocycles. The predicted molar refractivity (Wildman–Crippen MR) is 117 cm³/mol.